The molecule has 0 heterocycles. The highest BCUT2D eigenvalue weighted by Crippen LogP contribution is 2.26. The van der Waals surface area contributed by atoms with Crippen LogP contribution in [0, 0.1) is 11.8 Å². The summed E-state index contributed by atoms with van der Waals surface area (Å²) in [6.07, 6.45) is 4.77. The van der Waals surface area contributed by atoms with E-state index < -0.39 is 0 Å². The summed E-state index contributed by atoms with van der Waals surface area (Å²) in [6.45, 7) is 4.49. The van der Waals surface area contributed by atoms with E-state index in [1.54, 1.807) is 0 Å². The lowest BCUT2D eigenvalue weighted by molar-refractivity contribution is 0.298. The van der Waals surface area contributed by atoms with Gasteiger partial charge in [-0.25, -0.2) is 0 Å². The Morgan fingerprint density at radius 3 is 1.33 bits per heavy atom. The molecule has 2 unspecified atom stereocenters. The first-order valence-electron chi connectivity index (χ1n) is 4.92. The average molecular weight is 211 g/mol. The molecule has 0 aromatic heterocycles. The quantitative estimate of drug-likeness (QED) is 0.551. The van der Waals surface area contributed by atoms with E-state index in [9.17, 15) is 0 Å². The average Bonchev–Trinajstić information content (AvgIpc) is 2.11. The lowest BCUT2D eigenvalue weighted by atomic mass is 9.84. The standard InChI is InChI=1S/C10H20Cl2/c1-3-9(5-7-11)10(4-2)6-8-12/h9-10H,3-8H2,1-2H3. The van der Waals surface area contributed by atoms with Gasteiger partial charge in [0.05, 0.1) is 0 Å². The Labute approximate surface area is 86.6 Å². The molecule has 0 spiro atoms. The molecule has 2 heteroatoms. The van der Waals surface area contributed by atoms with Crippen molar-refractivity contribution in [2.24, 2.45) is 11.8 Å². The van der Waals surface area contributed by atoms with Gasteiger partial charge in [-0.05, 0) is 24.7 Å². The summed E-state index contributed by atoms with van der Waals surface area (Å²) in [5.41, 5.74) is 0. The maximum absolute atomic E-state index is 5.74. The molecule has 0 nitrogen and oxygen atoms in total. The molecular weight excluding hydrogens is 191 g/mol. The van der Waals surface area contributed by atoms with Gasteiger partial charge in [0.25, 0.3) is 0 Å². The lowest BCUT2D eigenvalue weighted by Gasteiger charge is -2.23. The Kier molecular flexibility index (Phi) is 8.59. The SMILES string of the molecule is CCC(CCCl)C(CC)CCCl. The smallest absolute Gasteiger partial charge is 0.0226 e. The van der Waals surface area contributed by atoms with Crippen LogP contribution in [0.4, 0.5) is 0 Å². The molecule has 0 aromatic carbocycles. The Bertz CT molecular complexity index is 81.8. The first kappa shape index (κ1) is 12.6. The Morgan fingerprint density at radius 1 is 0.833 bits per heavy atom. The molecule has 0 amide bonds. The fraction of sp³-hybridized carbons (Fsp3) is 1.00. The van der Waals surface area contributed by atoms with Crippen molar-refractivity contribution in [2.45, 2.75) is 39.5 Å². The summed E-state index contributed by atoms with van der Waals surface area (Å²) in [5, 5.41) is 0. The van der Waals surface area contributed by atoms with Crippen molar-refractivity contribution in [3.8, 4) is 0 Å². The monoisotopic (exact) mass is 210 g/mol. The number of rotatable bonds is 7. The highest BCUT2D eigenvalue weighted by Gasteiger charge is 2.16. The minimum Gasteiger partial charge on any atom is -0.127 e. The number of alkyl halides is 2. The molecule has 12 heavy (non-hydrogen) atoms. The molecular formula is C10H20Cl2. The van der Waals surface area contributed by atoms with E-state index in [0.29, 0.717) is 0 Å². The molecule has 0 saturated carbocycles. The second-order valence-corrected chi connectivity index (χ2v) is 4.05. The predicted octanol–water partition coefficient (Wildman–Crippen LogP) is 4.30. The van der Waals surface area contributed by atoms with Crippen molar-refractivity contribution in [1.82, 2.24) is 0 Å². The van der Waals surface area contributed by atoms with Gasteiger partial charge in [0.15, 0.2) is 0 Å². The van der Waals surface area contributed by atoms with E-state index in [1.165, 1.54) is 12.8 Å². The predicted molar refractivity (Wildman–Crippen MR) is 58.2 cm³/mol. The van der Waals surface area contributed by atoms with E-state index in [0.717, 1.165) is 36.4 Å². The third kappa shape index (κ3) is 4.57. The Morgan fingerprint density at radius 2 is 1.17 bits per heavy atom. The molecule has 0 aliphatic rings. The second kappa shape index (κ2) is 8.19. The van der Waals surface area contributed by atoms with Crippen molar-refractivity contribution < 1.29 is 0 Å². The van der Waals surface area contributed by atoms with Crippen LogP contribution in [-0.2, 0) is 0 Å². The topological polar surface area (TPSA) is 0 Å². The summed E-state index contributed by atoms with van der Waals surface area (Å²) in [6, 6.07) is 0. The molecule has 0 rings (SSSR count). The fourth-order valence-corrected chi connectivity index (χ4v) is 2.39. The maximum atomic E-state index is 5.74. The molecule has 0 aliphatic heterocycles. The highest BCUT2D eigenvalue weighted by molar-refractivity contribution is 6.18. The minimum atomic E-state index is 0.784. The largest absolute Gasteiger partial charge is 0.127 e. The maximum Gasteiger partial charge on any atom is 0.0226 e. The van der Waals surface area contributed by atoms with E-state index in [1.807, 2.05) is 0 Å². The summed E-state index contributed by atoms with van der Waals surface area (Å²) in [7, 11) is 0. The molecule has 0 bridgehead atoms. The first-order chi connectivity index (χ1) is 5.79. The van der Waals surface area contributed by atoms with Crippen LogP contribution in [0.5, 0.6) is 0 Å². The zero-order valence-electron chi connectivity index (χ0n) is 8.15. The summed E-state index contributed by atoms with van der Waals surface area (Å²) in [5.74, 6) is 3.15. The third-order valence-corrected chi connectivity index (χ3v) is 3.11. The summed E-state index contributed by atoms with van der Waals surface area (Å²) < 4.78 is 0. The van der Waals surface area contributed by atoms with Crippen LogP contribution in [0.2, 0.25) is 0 Å². The van der Waals surface area contributed by atoms with Crippen LogP contribution in [0.15, 0.2) is 0 Å². The van der Waals surface area contributed by atoms with Gasteiger partial charge in [-0.1, -0.05) is 26.7 Å². The van der Waals surface area contributed by atoms with Gasteiger partial charge in [0.2, 0.25) is 0 Å². The second-order valence-electron chi connectivity index (χ2n) is 3.29. The van der Waals surface area contributed by atoms with Crippen LogP contribution in [-0.4, -0.2) is 11.8 Å². The van der Waals surface area contributed by atoms with Gasteiger partial charge >= 0.3 is 0 Å². The van der Waals surface area contributed by atoms with Gasteiger partial charge in [0, 0.05) is 11.8 Å². The minimum absolute atomic E-state index is 0.784. The van der Waals surface area contributed by atoms with Crippen LogP contribution in [0.1, 0.15) is 39.5 Å². The number of halogens is 2. The van der Waals surface area contributed by atoms with Crippen LogP contribution >= 0.6 is 23.2 Å². The molecule has 0 N–H and O–H groups in total. The zero-order valence-corrected chi connectivity index (χ0v) is 9.67. The lowest BCUT2D eigenvalue weighted by Crippen LogP contribution is -2.14. The van der Waals surface area contributed by atoms with Crippen molar-refractivity contribution in [2.75, 3.05) is 11.8 Å². The molecule has 0 aromatic rings. The molecule has 0 fully saturated rings. The van der Waals surface area contributed by atoms with Crippen molar-refractivity contribution in [3.05, 3.63) is 0 Å². The fourth-order valence-electron chi connectivity index (χ4n) is 1.83. The van der Waals surface area contributed by atoms with Crippen molar-refractivity contribution in [3.63, 3.8) is 0 Å². The van der Waals surface area contributed by atoms with Crippen molar-refractivity contribution in [1.29, 1.82) is 0 Å². The summed E-state index contributed by atoms with van der Waals surface area (Å²) >= 11 is 11.5. The van der Waals surface area contributed by atoms with Crippen molar-refractivity contribution >= 4 is 23.2 Å². The zero-order chi connectivity index (χ0) is 9.40. The van der Waals surface area contributed by atoms with Gasteiger partial charge < -0.3 is 0 Å². The van der Waals surface area contributed by atoms with E-state index >= 15 is 0 Å². The van der Waals surface area contributed by atoms with E-state index in [2.05, 4.69) is 13.8 Å². The molecule has 0 aliphatic carbocycles. The molecule has 0 radical (unpaired) electrons. The number of hydrogen-bond donors (Lipinski definition) is 0. The Hall–Kier alpha value is 0.580. The Balaban J connectivity index is 3.84. The van der Waals surface area contributed by atoms with Crippen LogP contribution < -0.4 is 0 Å². The number of hydrogen-bond acceptors (Lipinski definition) is 0. The highest BCUT2D eigenvalue weighted by atomic mass is 35.5. The van der Waals surface area contributed by atoms with E-state index in [4.69, 9.17) is 23.2 Å². The van der Waals surface area contributed by atoms with Gasteiger partial charge in [-0.15, -0.1) is 23.2 Å². The molecule has 74 valence electrons. The molecule has 0 saturated heterocycles. The van der Waals surface area contributed by atoms with E-state index in [-0.39, 0.29) is 0 Å². The van der Waals surface area contributed by atoms with Crippen LogP contribution in [0.25, 0.3) is 0 Å². The first-order valence-corrected chi connectivity index (χ1v) is 5.98. The summed E-state index contributed by atoms with van der Waals surface area (Å²) in [4.78, 5) is 0. The van der Waals surface area contributed by atoms with Gasteiger partial charge in [-0.2, -0.15) is 0 Å². The van der Waals surface area contributed by atoms with Crippen LogP contribution in [0.3, 0.4) is 0 Å². The third-order valence-electron chi connectivity index (χ3n) is 2.68. The van der Waals surface area contributed by atoms with Gasteiger partial charge in [0.1, 0.15) is 0 Å². The van der Waals surface area contributed by atoms with Gasteiger partial charge in [-0.3, -0.25) is 0 Å². The normalized spacial score (nSPS) is 16.0. The molecule has 2 atom stereocenters.